The highest BCUT2D eigenvalue weighted by atomic mass is 17.2. The average Bonchev–Trinajstić information content (AvgIpc) is 2.54. The molecule has 0 aromatic carbocycles. The number of carbonyl (C=O) groups excluding carboxylic acids is 1. The topological polar surface area (TPSA) is 44.8 Å². The predicted octanol–water partition coefficient (Wildman–Crippen LogP) is 4.58. The number of hydrogen-bond acceptors (Lipinski definition) is 4. The Labute approximate surface area is 135 Å². The van der Waals surface area contributed by atoms with E-state index in [1.165, 1.54) is 26.4 Å². The van der Waals surface area contributed by atoms with Crippen LogP contribution in [-0.2, 0) is 19.3 Å². The summed E-state index contributed by atoms with van der Waals surface area (Å²) in [6, 6.07) is 0. The van der Waals surface area contributed by atoms with E-state index in [0.717, 1.165) is 24.8 Å². The van der Waals surface area contributed by atoms with Gasteiger partial charge in [0.1, 0.15) is 11.7 Å². The van der Waals surface area contributed by atoms with E-state index in [1.54, 1.807) is 0 Å². The van der Waals surface area contributed by atoms with Crippen molar-refractivity contribution in [3.63, 3.8) is 0 Å². The Morgan fingerprint density at radius 2 is 2.14 bits per heavy atom. The standard InChI is InChI=1S/C18H32O4/c1-6-9-10-14(4)12-18(8-3)13-15(7-2)16(21-22-18)11-17(19)20-5/h13-14,16H,6-12H2,1-5H3/t14-,16?,18?/m0/s1. The van der Waals surface area contributed by atoms with Gasteiger partial charge in [-0.05, 0) is 36.8 Å². The zero-order chi connectivity index (χ0) is 16.6. The van der Waals surface area contributed by atoms with Crippen LogP contribution in [0.3, 0.4) is 0 Å². The van der Waals surface area contributed by atoms with Crippen LogP contribution in [0.15, 0.2) is 11.6 Å². The normalized spacial score (nSPS) is 26.4. The van der Waals surface area contributed by atoms with Crippen molar-refractivity contribution in [3.05, 3.63) is 11.6 Å². The van der Waals surface area contributed by atoms with Crippen molar-refractivity contribution in [1.82, 2.24) is 0 Å². The van der Waals surface area contributed by atoms with Crippen LogP contribution in [0.1, 0.15) is 72.6 Å². The molecule has 0 radical (unpaired) electrons. The lowest BCUT2D eigenvalue weighted by atomic mass is 9.83. The van der Waals surface area contributed by atoms with Crippen LogP contribution in [0.5, 0.6) is 0 Å². The second-order valence-corrected chi connectivity index (χ2v) is 6.39. The molecule has 1 rings (SSSR count). The first-order valence-corrected chi connectivity index (χ1v) is 8.63. The summed E-state index contributed by atoms with van der Waals surface area (Å²) in [5, 5.41) is 0. The van der Waals surface area contributed by atoms with Crippen molar-refractivity contribution in [2.75, 3.05) is 7.11 Å². The molecule has 0 saturated heterocycles. The summed E-state index contributed by atoms with van der Waals surface area (Å²) < 4.78 is 4.73. The minimum Gasteiger partial charge on any atom is -0.469 e. The van der Waals surface area contributed by atoms with Gasteiger partial charge < -0.3 is 4.74 Å². The highest BCUT2D eigenvalue weighted by Gasteiger charge is 2.37. The van der Waals surface area contributed by atoms with E-state index in [9.17, 15) is 4.79 Å². The number of carbonyl (C=O) groups is 1. The highest BCUT2D eigenvalue weighted by molar-refractivity contribution is 5.70. The number of esters is 1. The highest BCUT2D eigenvalue weighted by Crippen LogP contribution is 2.36. The monoisotopic (exact) mass is 312 g/mol. The minimum absolute atomic E-state index is 0.210. The molecule has 0 aliphatic carbocycles. The smallest absolute Gasteiger partial charge is 0.308 e. The third kappa shape index (κ3) is 5.40. The molecule has 4 heteroatoms. The fourth-order valence-corrected chi connectivity index (χ4v) is 3.04. The van der Waals surface area contributed by atoms with Crippen molar-refractivity contribution < 1.29 is 19.3 Å². The van der Waals surface area contributed by atoms with E-state index < -0.39 is 0 Å². The van der Waals surface area contributed by atoms with E-state index in [0.29, 0.717) is 5.92 Å². The summed E-state index contributed by atoms with van der Waals surface area (Å²) in [6.45, 7) is 8.71. The van der Waals surface area contributed by atoms with Gasteiger partial charge in [0.05, 0.1) is 13.5 Å². The summed E-state index contributed by atoms with van der Waals surface area (Å²) in [5.74, 6) is 0.322. The van der Waals surface area contributed by atoms with Gasteiger partial charge in [-0.2, -0.15) is 0 Å². The Morgan fingerprint density at radius 1 is 1.41 bits per heavy atom. The maximum atomic E-state index is 11.5. The fraction of sp³-hybridized carbons (Fsp3) is 0.833. The Bertz CT molecular complexity index is 377. The maximum Gasteiger partial charge on any atom is 0.308 e. The lowest BCUT2D eigenvalue weighted by molar-refractivity contribution is -0.378. The molecular weight excluding hydrogens is 280 g/mol. The van der Waals surface area contributed by atoms with Crippen molar-refractivity contribution >= 4 is 5.97 Å². The maximum absolute atomic E-state index is 11.5. The second-order valence-electron chi connectivity index (χ2n) is 6.39. The van der Waals surface area contributed by atoms with Crippen molar-refractivity contribution in [2.45, 2.75) is 84.3 Å². The minimum atomic E-state index is -0.356. The molecule has 1 aliphatic rings. The summed E-state index contributed by atoms with van der Waals surface area (Å²) in [6.07, 6.45) is 8.46. The molecule has 0 aromatic rings. The van der Waals surface area contributed by atoms with Gasteiger partial charge in [0.2, 0.25) is 0 Å². The van der Waals surface area contributed by atoms with Gasteiger partial charge in [-0.25, -0.2) is 9.78 Å². The molecule has 0 aromatic heterocycles. The largest absolute Gasteiger partial charge is 0.469 e. The zero-order valence-electron chi connectivity index (χ0n) is 14.8. The lowest BCUT2D eigenvalue weighted by Gasteiger charge is -2.38. The molecular formula is C18H32O4. The van der Waals surface area contributed by atoms with Gasteiger partial charge in [0.15, 0.2) is 0 Å². The lowest BCUT2D eigenvalue weighted by Crippen LogP contribution is -2.40. The van der Waals surface area contributed by atoms with Gasteiger partial charge in [-0.15, -0.1) is 0 Å². The van der Waals surface area contributed by atoms with E-state index in [1.807, 2.05) is 0 Å². The van der Waals surface area contributed by atoms with Crippen LogP contribution < -0.4 is 0 Å². The molecule has 128 valence electrons. The molecule has 0 fully saturated rings. The van der Waals surface area contributed by atoms with Crippen molar-refractivity contribution in [1.29, 1.82) is 0 Å². The average molecular weight is 312 g/mol. The second kappa shape index (κ2) is 9.31. The molecule has 0 bridgehead atoms. The molecule has 1 heterocycles. The molecule has 4 nitrogen and oxygen atoms in total. The Hall–Kier alpha value is -0.870. The molecule has 0 saturated carbocycles. The fourth-order valence-electron chi connectivity index (χ4n) is 3.04. The molecule has 2 unspecified atom stereocenters. The SMILES string of the molecule is CCCC[C@H](C)CC1(CC)C=C(CC)C(CC(=O)OC)OO1. The van der Waals surface area contributed by atoms with Crippen LogP contribution in [0.25, 0.3) is 0 Å². The van der Waals surface area contributed by atoms with Gasteiger partial charge in [0, 0.05) is 0 Å². The first kappa shape index (κ1) is 19.2. The number of ether oxygens (including phenoxy) is 1. The molecule has 3 atom stereocenters. The van der Waals surface area contributed by atoms with Crippen LogP contribution in [-0.4, -0.2) is 24.8 Å². The number of methoxy groups -OCH3 is 1. The molecule has 1 aliphatic heterocycles. The molecule has 0 N–H and O–H groups in total. The summed E-state index contributed by atoms with van der Waals surface area (Å²) in [7, 11) is 1.40. The summed E-state index contributed by atoms with van der Waals surface area (Å²) >= 11 is 0. The van der Waals surface area contributed by atoms with Crippen LogP contribution in [0, 0.1) is 5.92 Å². The summed E-state index contributed by atoms with van der Waals surface area (Å²) in [5.41, 5.74) is 0.784. The first-order chi connectivity index (χ1) is 10.5. The number of rotatable bonds is 9. The van der Waals surface area contributed by atoms with Gasteiger partial charge in [0.25, 0.3) is 0 Å². The van der Waals surface area contributed by atoms with E-state index in [-0.39, 0.29) is 24.1 Å². The predicted molar refractivity (Wildman–Crippen MR) is 87.3 cm³/mol. The quantitative estimate of drug-likeness (QED) is 0.355. The Morgan fingerprint density at radius 3 is 2.68 bits per heavy atom. The molecule has 22 heavy (non-hydrogen) atoms. The van der Waals surface area contributed by atoms with Crippen LogP contribution in [0.2, 0.25) is 0 Å². The van der Waals surface area contributed by atoms with Crippen molar-refractivity contribution in [2.24, 2.45) is 5.92 Å². The number of hydrogen-bond donors (Lipinski definition) is 0. The third-order valence-electron chi connectivity index (χ3n) is 4.52. The van der Waals surface area contributed by atoms with E-state index in [4.69, 9.17) is 14.5 Å². The summed E-state index contributed by atoms with van der Waals surface area (Å²) in [4.78, 5) is 22.9. The van der Waals surface area contributed by atoms with E-state index in [2.05, 4.69) is 33.8 Å². The third-order valence-corrected chi connectivity index (χ3v) is 4.52. The van der Waals surface area contributed by atoms with Crippen LogP contribution >= 0.6 is 0 Å². The Kier molecular flexibility index (Phi) is 8.12. The van der Waals surface area contributed by atoms with E-state index >= 15 is 0 Å². The zero-order valence-corrected chi connectivity index (χ0v) is 14.8. The van der Waals surface area contributed by atoms with Gasteiger partial charge >= 0.3 is 5.97 Å². The van der Waals surface area contributed by atoms with Gasteiger partial charge in [-0.3, -0.25) is 4.79 Å². The Balaban J connectivity index is 2.80. The molecule has 0 spiro atoms. The number of unbranched alkanes of at least 4 members (excludes halogenated alkanes) is 1. The molecule has 0 amide bonds. The van der Waals surface area contributed by atoms with Crippen molar-refractivity contribution in [3.8, 4) is 0 Å². The first-order valence-electron chi connectivity index (χ1n) is 8.63. The van der Waals surface area contributed by atoms with Crippen LogP contribution in [0.4, 0.5) is 0 Å². The van der Waals surface area contributed by atoms with Gasteiger partial charge in [-0.1, -0.05) is 47.0 Å².